The fraction of sp³-hybridized carbons (Fsp3) is 0.125. The van der Waals surface area contributed by atoms with Gasteiger partial charge in [0.05, 0.1) is 6.54 Å². The predicted octanol–water partition coefficient (Wildman–Crippen LogP) is 3.77. The van der Waals surface area contributed by atoms with E-state index in [-0.39, 0.29) is 0 Å². The van der Waals surface area contributed by atoms with E-state index in [4.69, 9.17) is 0 Å². The number of fused-ring (bicyclic) bond motifs is 2. The highest BCUT2D eigenvalue weighted by molar-refractivity contribution is 7.99. The van der Waals surface area contributed by atoms with Gasteiger partial charge in [-0.15, -0.1) is 10.2 Å². The van der Waals surface area contributed by atoms with Gasteiger partial charge in [0, 0.05) is 10.5 Å². The van der Waals surface area contributed by atoms with Gasteiger partial charge in [-0.3, -0.25) is 4.57 Å². The normalized spacial score (nSPS) is 12.8. The molecule has 0 unspecified atom stereocenters. The van der Waals surface area contributed by atoms with Gasteiger partial charge >= 0.3 is 0 Å². The van der Waals surface area contributed by atoms with E-state index in [1.807, 2.05) is 0 Å². The molecule has 0 N–H and O–H groups in total. The zero-order chi connectivity index (χ0) is 13.5. The van der Waals surface area contributed by atoms with E-state index in [0.29, 0.717) is 0 Å². The van der Waals surface area contributed by atoms with Gasteiger partial charge in [-0.2, -0.15) is 0 Å². The van der Waals surface area contributed by atoms with Crippen LogP contribution in [0.3, 0.4) is 0 Å². The number of aryl methyl sites for hydroxylation is 1. The van der Waals surface area contributed by atoms with Crippen molar-refractivity contribution in [3.63, 3.8) is 0 Å². The third-order valence-corrected chi connectivity index (χ3v) is 4.63. The van der Waals surface area contributed by atoms with Crippen LogP contribution in [0.5, 0.6) is 0 Å². The summed E-state index contributed by atoms with van der Waals surface area (Å²) in [6.45, 7) is 2.93. The van der Waals surface area contributed by atoms with Crippen LogP contribution in [0.4, 0.5) is 0 Å². The average Bonchev–Trinajstić information content (AvgIpc) is 2.88. The molecule has 1 aliphatic rings. The lowest BCUT2D eigenvalue weighted by molar-refractivity contribution is 0.692. The molecule has 0 amide bonds. The number of rotatable bonds is 1. The van der Waals surface area contributed by atoms with Gasteiger partial charge in [0.1, 0.15) is 0 Å². The maximum Gasteiger partial charge on any atom is 0.196 e. The van der Waals surface area contributed by atoms with Crippen LogP contribution in [0.1, 0.15) is 11.1 Å². The van der Waals surface area contributed by atoms with Gasteiger partial charge in [-0.1, -0.05) is 48.0 Å². The van der Waals surface area contributed by atoms with E-state index in [0.717, 1.165) is 23.1 Å². The summed E-state index contributed by atoms with van der Waals surface area (Å²) in [6, 6.07) is 16.9. The Hall–Kier alpha value is -2.07. The number of hydrogen-bond acceptors (Lipinski definition) is 3. The first kappa shape index (κ1) is 11.7. The third-order valence-electron chi connectivity index (χ3n) is 3.53. The number of aromatic nitrogens is 3. The minimum absolute atomic E-state index is 0.842. The van der Waals surface area contributed by atoms with Crippen LogP contribution < -0.4 is 0 Å². The molecule has 2 heterocycles. The highest BCUT2D eigenvalue weighted by atomic mass is 32.2. The average molecular weight is 279 g/mol. The van der Waals surface area contributed by atoms with Gasteiger partial charge in [0.15, 0.2) is 11.0 Å². The first-order chi connectivity index (χ1) is 9.81. The van der Waals surface area contributed by atoms with E-state index in [1.54, 1.807) is 11.8 Å². The van der Waals surface area contributed by atoms with Gasteiger partial charge in [-0.05, 0) is 30.3 Å². The molecule has 0 fully saturated rings. The lowest BCUT2D eigenvalue weighted by Gasteiger charge is -2.18. The Kier molecular flexibility index (Phi) is 2.63. The molecule has 0 bridgehead atoms. The van der Waals surface area contributed by atoms with Crippen molar-refractivity contribution >= 4 is 11.8 Å². The monoisotopic (exact) mass is 279 g/mol. The smallest absolute Gasteiger partial charge is 0.196 e. The Morgan fingerprint density at radius 3 is 2.65 bits per heavy atom. The van der Waals surface area contributed by atoms with Crippen molar-refractivity contribution in [3.8, 4) is 11.4 Å². The zero-order valence-electron chi connectivity index (χ0n) is 11.1. The molecular weight excluding hydrogens is 266 g/mol. The van der Waals surface area contributed by atoms with E-state index in [9.17, 15) is 0 Å². The minimum atomic E-state index is 0.842. The first-order valence-corrected chi connectivity index (χ1v) is 7.39. The van der Waals surface area contributed by atoms with Crippen LogP contribution in [-0.4, -0.2) is 14.8 Å². The summed E-state index contributed by atoms with van der Waals surface area (Å²) in [7, 11) is 0. The second-order valence-corrected chi connectivity index (χ2v) is 5.98. The number of nitrogens with zero attached hydrogens (tertiary/aromatic N) is 3. The van der Waals surface area contributed by atoms with Crippen LogP contribution in [-0.2, 0) is 6.54 Å². The van der Waals surface area contributed by atoms with Crippen molar-refractivity contribution in [1.29, 1.82) is 0 Å². The summed E-state index contributed by atoms with van der Waals surface area (Å²) in [5, 5.41) is 9.67. The molecule has 4 heteroatoms. The molecule has 4 rings (SSSR count). The Labute approximate surface area is 121 Å². The van der Waals surface area contributed by atoms with Crippen LogP contribution >= 0.6 is 11.8 Å². The van der Waals surface area contributed by atoms with Crippen molar-refractivity contribution in [2.45, 2.75) is 23.5 Å². The van der Waals surface area contributed by atoms with E-state index >= 15 is 0 Å². The van der Waals surface area contributed by atoms with Crippen molar-refractivity contribution < 1.29 is 0 Å². The van der Waals surface area contributed by atoms with Gasteiger partial charge in [0.2, 0.25) is 0 Å². The SMILES string of the molecule is Cc1ccc(-c2nnc3n2Cc2ccccc2S3)cc1. The molecule has 1 aliphatic heterocycles. The van der Waals surface area contributed by atoms with Gasteiger partial charge < -0.3 is 0 Å². The predicted molar refractivity (Wildman–Crippen MR) is 79.9 cm³/mol. The zero-order valence-corrected chi connectivity index (χ0v) is 11.9. The Bertz CT molecular complexity index is 775. The van der Waals surface area contributed by atoms with Crippen LogP contribution in [0.15, 0.2) is 58.6 Å². The molecule has 2 aromatic carbocycles. The van der Waals surface area contributed by atoms with Gasteiger partial charge in [-0.25, -0.2) is 0 Å². The van der Waals surface area contributed by atoms with E-state index in [1.165, 1.54) is 16.0 Å². The van der Waals surface area contributed by atoms with Crippen LogP contribution in [0, 0.1) is 6.92 Å². The Balaban J connectivity index is 1.80. The molecule has 0 aliphatic carbocycles. The summed E-state index contributed by atoms with van der Waals surface area (Å²) in [5.74, 6) is 0.946. The van der Waals surface area contributed by atoms with Crippen molar-refractivity contribution in [1.82, 2.24) is 14.8 Å². The maximum atomic E-state index is 4.37. The molecule has 0 radical (unpaired) electrons. The van der Waals surface area contributed by atoms with Crippen molar-refractivity contribution in [2.75, 3.05) is 0 Å². The lowest BCUT2D eigenvalue weighted by atomic mass is 10.1. The molecule has 3 nitrogen and oxygen atoms in total. The molecule has 98 valence electrons. The van der Waals surface area contributed by atoms with E-state index in [2.05, 4.69) is 70.2 Å². The summed E-state index contributed by atoms with van der Waals surface area (Å²) in [6.07, 6.45) is 0. The summed E-state index contributed by atoms with van der Waals surface area (Å²) in [4.78, 5) is 1.28. The summed E-state index contributed by atoms with van der Waals surface area (Å²) >= 11 is 1.69. The van der Waals surface area contributed by atoms with Crippen molar-refractivity contribution in [3.05, 3.63) is 59.7 Å². The molecule has 0 atom stereocenters. The van der Waals surface area contributed by atoms with Crippen LogP contribution in [0.25, 0.3) is 11.4 Å². The second-order valence-electron chi connectivity index (χ2n) is 4.97. The largest absolute Gasteiger partial charge is 0.297 e. The molecule has 1 aromatic heterocycles. The maximum absolute atomic E-state index is 4.37. The quantitative estimate of drug-likeness (QED) is 0.531. The fourth-order valence-corrected chi connectivity index (χ4v) is 3.38. The fourth-order valence-electron chi connectivity index (χ4n) is 2.43. The molecular formula is C16H13N3S. The van der Waals surface area contributed by atoms with Crippen LogP contribution in [0.2, 0.25) is 0 Å². The molecule has 0 spiro atoms. The molecule has 3 aromatic rings. The van der Waals surface area contributed by atoms with E-state index < -0.39 is 0 Å². The number of benzene rings is 2. The highest BCUT2D eigenvalue weighted by Gasteiger charge is 2.21. The Morgan fingerprint density at radius 1 is 1.00 bits per heavy atom. The second kappa shape index (κ2) is 4.49. The molecule has 20 heavy (non-hydrogen) atoms. The standard InChI is InChI=1S/C16H13N3S/c1-11-6-8-12(9-7-11)15-17-18-16-19(15)10-13-4-2-3-5-14(13)20-16/h2-9H,10H2,1H3. The summed E-state index contributed by atoms with van der Waals surface area (Å²) < 4.78 is 2.19. The van der Waals surface area contributed by atoms with Gasteiger partial charge in [0.25, 0.3) is 0 Å². The van der Waals surface area contributed by atoms with Crippen molar-refractivity contribution in [2.24, 2.45) is 0 Å². The first-order valence-electron chi connectivity index (χ1n) is 6.57. The highest BCUT2D eigenvalue weighted by Crippen LogP contribution is 2.36. The number of hydrogen-bond donors (Lipinski definition) is 0. The summed E-state index contributed by atoms with van der Waals surface area (Å²) in [5.41, 5.74) is 3.71. The third kappa shape index (κ3) is 1.84. The lowest BCUT2D eigenvalue weighted by Crippen LogP contribution is -2.08. The Morgan fingerprint density at radius 2 is 1.80 bits per heavy atom. The topological polar surface area (TPSA) is 30.7 Å². The molecule has 0 saturated carbocycles. The minimum Gasteiger partial charge on any atom is -0.297 e. The molecule has 0 saturated heterocycles.